The number of alkyl halides is 3. The molecule has 0 amide bonds. The van der Waals surface area contributed by atoms with E-state index >= 15 is 0 Å². The molecule has 4 rings (SSSR count). The summed E-state index contributed by atoms with van der Waals surface area (Å²) in [6.07, 6.45) is -1.71. The second-order valence-corrected chi connectivity index (χ2v) is 10.8. The quantitative estimate of drug-likeness (QED) is 0.430. The molecular formula is C23H26F3N3O4S2. The minimum atomic E-state index is -5.08. The van der Waals surface area contributed by atoms with E-state index in [0.717, 1.165) is 38.0 Å². The fourth-order valence-electron chi connectivity index (χ4n) is 3.83. The van der Waals surface area contributed by atoms with Crippen molar-refractivity contribution in [3.63, 3.8) is 0 Å². The first-order valence-electron chi connectivity index (χ1n) is 10.7. The molecule has 1 saturated heterocycles. The lowest BCUT2D eigenvalue weighted by Crippen LogP contribution is -2.43. The molecule has 0 atom stereocenters. The normalized spacial score (nSPS) is 14.7. The molecule has 2 heterocycles. The number of thiophene rings is 1. The molecule has 190 valence electrons. The third kappa shape index (κ3) is 8.11. The van der Waals surface area contributed by atoms with Gasteiger partial charge in [-0.1, -0.05) is 12.1 Å². The van der Waals surface area contributed by atoms with E-state index < -0.39 is 22.2 Å². The summed E-state index contributed by atoms with van der Waals surface area (Å²) in [5, 5.41) is 14.0. The maximum Gasteiger partial charge on any atom is 0.490 e. The third-order valence-electron chi connectivity index (χ3n) is 5.34. The Kier molecular flexibility index (Phi) is 8.62. The molecule has 0 saturated carbocycles. The minimum Gasteiger partial charge on any atom is -0.475 e. The molecule has 1 aliphatic rings. The lowest BCUT2D eigenvalue weighted by atomic mass is 10.0. The number of piperidine rings is 1. The molecule has 3 N–H and O–H groups in total. The number of anilines is 2. The van der Waals surface area contributed by atoms with Crippen molar-refractivity contribution < 1.29 is 31.5 Å². The summed E-state index contributed by atoms with van der Waals surface area (Å²) in [5.74, 6) is -2.76. The van der Waals surface area contributed by atoms with E-state index in [1.807, 2.05) is 12.1 Å². The van der Waals surface area contributed by atoms with Crippen molar-refractivity contribution in [3.05, 3.63) is 59.5 Å². The van der Waals surface area contributed by atoms with Gasteiger partial charge in [0.15, 0.2) is 0 Å². The number of fused-ring (bicyclic) bond motifs is 1. The number of nitrogens with one attached hydrogen (secondary N) is 2. The van der Waals surface area contributed by atoms with Crippen molar-refractivity contribution in [1.29, 1.82) is 0 Å². The summed E-state index contributed by atoms with van der Waals surface area (Å²) in [6, 6.07) is 17.0. The fraction of sp³-hybridized carbons (Fsp3) is 0.348. The topological polar surface area (TPSA) is 98.7 Å². The zero-order valence-corrected chi connectivity index (χ0v) is 20.5. The van der Waals surface area contributed by atoms with Crippen LogP contribution in [0.2, 0.25) is 0 Å². The second kappa shape index (κ2) is 11.3. The molecule has 2 aromatic carbocycles. The number of rotatable bonds is 6. The Hall–Kier alpha value is -2.83. The summed E-state index contributed by atoms with van der Waals surface area (Å²) in [6.45, 7) is 2.80. The van der Waals surface area contributed by atoms with Crippen LogP contribution in [0.1, 0.15) is 18.4 Å². The van der Waals surface area contributed by atoms with Crippen LogP contribution >= 0.6 is 11.3 Å². The molecule has 7 nitrogen and oxygen atoms in total. The Morgan fingerprint density at radius 3 is 2.49 bits per heavy atom. The van der Waals surface area contributed by atoms with Gasteiger partial charge in [0.2, 0.25) is 10.0 Å². The largest absolute Gasteiger partial charge is 0.490 e. The zero-order valence-electron chi connectivity index (χ0n) is 18.9. The second-order valence-electron chi connectivity index (χ2n) is 8.13. The number of carboxylic acid groups (broad SMARTS) is 1. The Morgan fingerprint density at radius 1 is 1.17 bits per heavy atom. The Morgan fingerprint density at radius 2 is 1.86 bits per heavy atom. The van der Waals surface area contributed by atoms with Gasteiger partial charge in [-0.2, -0.15) is 13.2 Å². The van der Waals surface area contributed by atoms with Crippen molar-refractivity contribution in [1.82, 2.24) is 5.32 Å². The summed E-state index contributed by atoms with van der Waals surface area (Å²) >= 11 is 1.76. The van der Waals surface area contributed by atoms with Gasteiger partial charge in [-0.05, 0) is 78.7 Å². The van der Waals surface area contributed by atoms with Gasteiger partial charge < -0.3 is 15.3 Å². The van der Waals surface area contributed by atoms with Crippen molar-refractivity contribution >= 4 is 48.8 Å². The first-order chi connectivity index (χ1) is 16.4. The van der Waals surface area contributed by atoms with E-state index in [4.69, 9.17) is 9.90 Å². The highest BCUT2D eigenvalue weighted by atomic mass is 32.2. The van der Waals surface area contributed by atoms with Crippen LogP contribution in [0, 0.1) is 0 Å². The number of hydrogen-bond acceptors (Lipinski definition) is 6. The Bertz CT molecular complexity index is 1260. The smallest absolute Gasteiger partial charge is 0.475 e. The standard InChI is InChI=1S/C21H25N3O2S2.C2HF3O2/c1-28(25,26)23-18-4-2-3-16(13-18)15-24(19-7-10-22-11-8-19)20-5-6-21-17(14-20)9-12-27-21;3-2(4,5)1(6)7/h2-6,9,12-14,19,22-23H,7-8,10-11,15H2,1H3;(H,6,7). The minimum absolute atomic E-state index is 0.462. The highest BCUT2D eigenvalue weighted by molar-refractivity contribution is 7.92. The van der Waals surface area contributed by atoms with E-state index in [-0.39, 0.29) is 0 Å². The molecule has 1 aromatic heterocycles. The molecule has 12 heteroatoms. The van der Waals surface area contributed by atoms with Crippen LogP contribution in [0.25, 0.3) is 10.1 Å². The van der Waals surface area contributed by atoms with Crippen LogP contribution in [-0.4, -0.2) is 51.1 Å². The van der Waals surface area contributed by atoms with Gasteiger partial charge in [0.25, 0.3) is 0 Å². The summed E-state index contributed by atoms with van der Waals surface area (Å²) in [5.41, 5.74) is 2.93. The predicted molar refractivity (Wildman–Crippen MR) is 132 cm³/mol. The lowest BCUT2D eigenvalue weighted by molar-refractivity contribution is -0.192. The van der Waals surface area contributed by atoms with Crippen molar-refractivity contribution in [3.8, 4) is 0 Å². The number of carbonyl (C=O) groups is 1. The third-order valence-corrected chi connectivity index (χ3v) is 6.85. The molecule has 35 heavy (non-hydrogen) atoms. The summed E-state index contributed by atoms with van der Waals surface area (Å²) in [7, 11) is -3.28. The lowest BCUT2D eigenvalue weighted by Gasteiger charge is -2.36. The molecule has 1 aliphatic heterocycles. The molecule has 3 aromatic rings. The van der Waals surface area contributed by atoms with E-state index in [1.54, 1.807) is 17.4 Å². The van der Waals surface area contributed by atoms with Crippen molar-refractivity contribution in [2.75, 3.05) is 29.0 Å². The molecule has 0 radical (unpaired) electrons. The number of benzene rings is 2. The number of halogens is 3. The van der Waals surface area contributed by atoms with E-state index in [1.165, 1.54) is 22.0 Å². The van der Waals surface area contributed by atoms with Crippen molar-refractivity contribution in [2.45, 2.75) is 31.6 Å². The maximum absolute atomic E-state index is 11.6. The summed E-state index contributed by atoms with van der Waals surface area (Å²) < 4.78 is 58.8. The summed E-state index contributed by atoms with van der Waals surface area (Å²) in [4.78, 5) is 11.4. The first-order valence-corrected chi connectivity index (χ1v) is 13.5. The molecule has 1 fully saturated rings. The molecule has 0 bridgehead atoms. The van der Waals surface area contributed by atoms with Gasteiger partial charge in [-0.25, -0.2) is 13.2 Å². The van der Waals surface area contributed by atoms with Gasteiger partial charge in [0.05, 0.1) is 6.26 Å². The van der Waals surface area contributed by atoms with E-state index in [2.05, 4.69) is 50.7 Å². The number of nitrogens with zero attached hydrogens (tertiary/aromatic N) is 1. The SMILES string of the molecule is CS(=O)(=O)Nc1cccc(CN(c2ccc3sccc3c2)C2CCNCC2)c1.O=C(O)C(F)(F)F. The predicted octanol–water partition coefficient (Wildman–Crippen LogP) is 4.66. The van der Waals surface area contributed by atoms with Gasteiger partial charge in [-0.3, -0.25) is 4.72 Å². The van der Waals surface area contributed by atoms with Crippen LogP contribution in [0.15, 0.2) is 53.9 Å². The number of sulfonamides is 1. The van der Waals surface area contributed by atoms with Crippen LogP contribution < -0.4 is 14.9 Å². The monoisotopic (exact) mass is 529 g/mol. The van der Waals surface area contributed by atoms with Crippen LogP contribution in [0.5, 0.6) is 0 Å². The zero-order chi connectivity index (χ0) is 25.6. The Balaban J connectivity index is 0.000000429. The number of carboxylic acids is 1. The van der Waals surface area contributed by atoms with Crippen LogP contribution in [0.4, 0.5) is 24.5 Å². The van der Waals surface area contributed by atoms with Gasteiger partial charge >= 0.3 is 12.1 Å². The highest BCUT2D eigenvalue weighted by Crippen LogP contribution is 2.30. The number of aliphatic carboxylic acids is 1. The van der Waals surface area contributed by atoms with Crippen LogP contribution in [-0.2, 0) is 21.4 Å². The number of hydrogen-bond donors (Lipinski definition) is 3. The fourth-order valence-corrected chi connectivity index (χ4v) is 5.15. The van der Waals surface area contributed by atoms with Gasteiger partial charge in [-0.15, -0.1) is 11.3 Å². The van der Waals surface area contributed by atoms with Crippen molar-refractivity contribution in [2.24, 2.45) is 0 Å². The molecule has 0 spiro atoms. The first kappa shape index (κ1) is 26.8. The molecule has 0 unspecified atom stereocenters. The average Bonchev–Trinajstić information content (AvgIpc) is 3.25. The Labute approximate surface area is 205 Å². The van der Waals surface area contributed by atoms with E-state index in [9.17, 15) is 21.6 Å². The molecular weight excluding hydrogens is 503 g/mol. The molecule has 0 aliphatic carbocycles. The van der Waals surface area contributed by atoms with Crippen LogP contribution in [0.3, 0.4) is 0 Å². The maximum atomic E-state index is 11.6. The highest BCUT2D eigenvalue weighted by Gasteiger charge is 2.38. The average molecular weight is 530 g/mol. The van der Waals surface area contributed by atoms with E-state index in [0.29, 0.717) is 11.7 Å². The van der Waals surface area contributed by atoms with Gasteiger partial charge in [0, 0.05) is 28.7 Å². The van der Waals surface area contributed by atoms with Gasteiger partial charge in [0.1, 0.15) is 0 Å².